The van der Waals surface area contributed by atoms with Crippen LogP contribution in [-0.2, 0) is 19.6 Å². The van der Waals surface area contributed by atoms with E-state index in [1.165, 1.54) is 43.8 Å². The highest BCUT2D eigenvalue weighted by Crippen LogP contribution is 2.29. The van der Waals surface area contributed by atoms with Crippen LogP contribution in [0.1, 0.15) is 9.67 Å². The van der Waals surface area contributed by atoms with Crippen LogP contribution in [0.2, 0.25) is 0 Å². The van der Waals surface area contributed by atoms with Crippen LogP contribution >= 0.6 is 11.3 Å². The number of rotatable bonds is 9. The Hall–Kier alpha value is -2.43. The van der Waals surface area contributed by atoms with E-state index in [1.54, 1.807) is 17.5 Å². The molecule has 1 N–H and O–H groups in total. The van der Waals surface area contributed by atoms with Gasteiger partial charge in [-0.05, 0) is 23.6 Å². The molecule has 26 heavy (non-hydrogen) atoms. The van der Waals surface area contributed by atoms with E-state index >= 15 is 0 Å². The van der Waals surface area contributed by atoms with E-state index < -0.39 is 29.1 Å². The van der Waals surface area contributed by atoms with Crippen LogP contribution < -0.4 is 14.2 Å². The van der Waals surface area contributed by atoms with Crippen molar-refractivity contribution < 1.29 is 32.2 Å². The maximum Gasteiger partial charge on any atom is 0.321 e. The van der Waals surface area contributed by atoms with E-state index in [0.717, 1.165) is 0 Å². The fourth-order valence-electron chi connectivity index (χ4n) is 1.93. The molecule has 1 aromatic heterocycles. The molecule has 0 unspecified atom stereocenters. The molecule has 0 radical (unpaired) electrons. The molecule has 0 spiro atoms. The first-order chi connectivity index (χ1) is 12.4. The Labute approximate surface area is 154 Å². The summed E-state index contributed by atoms with van der Waals surface area (Å²) in [6.45, 7) is -1.05. The van der Waals surface area contributed by atoms with Crippen LogP contribution in [0.4, 0.5) is 0 Å². The lowest BCUT2D eigenvalue weighted by Crippen LogP contribution is -2.31. The lowest BCUT2D eigenvalue weighted by atomic mass is 10.3. The maximum atomic E-state index is 12.2. The molecule has 0 aliphatic heterocycles. The number of esters is 1. The molecule has 1 aromatic carbocycles. The summed E-state index contributed by atoms with van der Waals surface area (Å²) < 4.78 is 41.5. The molecule has 8 nitrogen and oxygen atoms in total. The van der Waals surface area contributed by atoms with Crippen molar-refractivity contribution >= 4 is 33.1 Å². The zero-order valence-corrected chi connectivity index (χ0v) is 15.7. The van der Waals surface area contributed by atoms with Gasteiger partial charge in [0.2, 0.25) is 15.8 Å². The number of carbonyl (C=O) groups is 2. The topological polar surface area (TPSA) is 108 Å². The van der Waals surface area contributed by atoms with Gasteiger partial charge < -0.3 is 14.2 Å². The minimum Gasteiger partial charge on any atom is -0.493 e. The Morgan fingerprint density at radius 3 is 2.46 bits per heavy atom. The molecular formula is C16H17NO7S2. The van der Waals surface area contributed by atoms with E-state index in [2.05, 4.69) is 4.72 Å². The SMILES string of the molecule is COc1ccc(S(=O)(=O)NCC(=O)OCC(=O)c2cccs2)cc1OC. The molecule has 1 heterocycles. The molecule has 0 aliphatic rings. The lowest BCUT2D eigenvalue weighted by Gasteiger charge is -2.11. The molecule has 0 bridgehead atoms. The summed E-state index contributed by atoms with van der Waals surface area (Å²) in [7, 11) is -1.16. The van der Waals surface area contributed by atoms with Crippen molar-refractivity contribution in [2.45, 2.75) is 4.90 Å². The van der Waals surface area contributed by atoms with Gasteiger partial charge in [0.05, 0.1) is 24.0 Å². The number of sulfonamides is 1. The fraction of sp³-hybridized carbons (Fsp3) is 0.250. The third kappa shape index (κ3) is 5.04. The number of Topliss-reactive ketones (excluding diaryl/α,β-unsaturated/α-hetero) is 1. The predicted octanol–water partition coefficient (Wildman–Crippen LogP) is 1.47. The van der Waals surface area contributed by atoms with Crippen molar-refractivity contribution in [2.75, 3.05) is 27.4 Å². The number of carbonyl (C=O) groups excluding carboxylic acids is 2. The van der Waals surface area contributed by atoms with Crippen LogP contribution in [0.25, 0.3) is 0 Å². The highest BCUT2D eigenvalue weighted by Gasteiger charge is 2.19. The van der Waals surface area contributed by atoms with Crippen LogP contribution in [0.3, 0.4) is 0 Å². The number of nitrogens with one attached hydrogen (secondary N) is 1. The van der Waals surface area contributed by atoms with Crippen molar-refractivity contribution in [1.29, 1.82) is 0 Å². The number of hydrogen-bond acceptors (Lipinski definition) is 8. The smallest absolute Gasteiger partial charge is 0.321 e. The summed E-state index contributed by atoms with van der Waals surface area (Å²) in [4.78, 5) is 23.8. The predicted molar refractivity (Wildman–Crippen MR) is 94.3 cm³/mol. The second kappa shape index (κ2) is 8.79. The summed E-state index contributed by atoms with van der Waals surface area (Å²) in [5.74, 6) is -0.604. The van der Waals surface area contributed by atoms with Gasteiger partial charge in [0.15, 0.2) is 18.1 Å². The quantitative estimate of drug-likeness (QED) is 0.502. The number of methoxy groups -OCH3 is 2. The molecule has 0 aliphatic carbocycles. The Bertz CT molecular complexity index is 876. The van der Waals surface area contributed by atoms with Crippen molar-refractivity contribution in [2.24, 2.45) is 0 Å². The largest absolute Gasteiger partial charge is 0.493 e. The molecule has 0 amide bonds. The van der Waals surface area contributed by atoms with Gasteiger partial charge in [0.1, 0.15) is 6.54 Å². The molecule has 2 aromatic rings. The van der Waals surface area contributed by atoms with Crippen molar-refractivity contribution in [1.82, 2.24) is 4.72 Å². The minimum absolute atomic E-state index is 0.0994. The van der Waals surface area contributed by atoms with Crippen LogP contribution in [0, 0.1) is 0 Å². The Morgan fingerprint density at radius 1 is 1.12 bits per heavy atom. The van der Waals surface area contributed by atoms with Gasteiger partial charge in [-0.3, -0.25) is 9.59 Å². The van der Waals surface area contributed by atoms with E-state index in [1.807, 2.05) is 0 Å². The first-order valence-corrected chi connectivity index (χ1v) is 9.67. The zero-order chi connectivity index (χ0) is 19.2. The number of benzene rings is 1. The van der Waals surface area contributed by atoms with Gasteiger partial charge in [-0.1, -0.05) is 6.07 Å². The number of ketones is 1. The summed E-state index contributed by atoms with van der Waals surface area (Å²) in [5, 5.41) is 1.73. The van der Waals surface area contributed by atoms with E-state index in [0.29, 0.717) is 10.6 Å². The summed E-state index contributed by atoms with van der Waals surface area (Å²) in [5.41, 5.74) is 0. The van der Waals surface area contributed by atoms with E-state index in [-0.39, 0.29) is 16.4 Å². The van der Waals surface area contributed by atoms with Gasteiger partial charge >= 0.3 is 5.97 Å². The summed E-state index contributed by atoms with van der Waals surface area (Å²) in [6.07, 6.45) is 0. The average Bonchev–Trinajstić information content (AvgIpc) is 3.18. The van der Waals surface area contributed by atoms with Crippen LogP contribution in [0.15, 0.2) is 40.6 Å². The standard InChI is InChI=1S/C16H17NO7S2/c1-22-13-6-5-11(8-14(13)23-2)26(20,21)17-9-16(19)24-10-12(18)15-4-3-7-25-15/h3-8,17H,9-10H2,1-2H3. The molecule has 0 saturated carbocycles. The van der Waals surface area contributed by atoms with E-state index in [4.69, 9.17) is 14.2 Å². The van der Waals surface area contributed by atoms with Crippen molar-refractivity contribution in [3.63, 3.8) is 0 Å². The molecular weight excluding hydrogens is 382 g/mol. The molecule has 140 valence electrons. The first kappa shape index (κ1) is 19.9. The van der Waals surface area contributed by atoms with Crippen molar-refractivity contribution in [3.05, 3.63) is 40.6 Å². The van der Waals surface area contributed by atoms with Crippen LogP contribution in [-0.4, -0.2) is 47.5 Å². The van der Waals surface area contributed by atoms with Crippen LogP contribution in [0.5, 0.6) is 11.5 Å². The fourth-order valence-corrected chi connectivity index (χ4v) is 3.56. The Balaban J connectivity index is 1.93. The third-order valence-corrected chi connectivity index (χ3v) is 5.54. The average molecular weight is 399 g/mol. The highest BCUT2D eigenvalue weighted by atomic mass is 32.2. The second-order valence-electron chi connectivity index (χ2n) is 4.90. The maximum absolute atomic E-state index is 12.2. The zero-order valence-electron chi connectivity index (χ0n) is 14.1. The van der Waals surface area contributed by atoms with E-state index in [9.17, 15) is 18.0 Å². The van der Waals surface area contributed by atoms with Gasteiger partial charge in [0, 0.05) is 6.07 Å². The minimum atomic E-state index is -3.96. The van der Waals surface area contributed by atoms with Crippen molar-refractivity contribution in [3.8, 4) is 11.5 Å². The second-order valence-corrected chi connectivity index (χ2v) is 7.62. The lowest BCUT2D eigenvalue weighted by molar-refractivity contribution is -0.141. The van der Waals surface area contributed by atoms with Gasteiger partial charge in [-0.15, -0.1) is 11.3 Å². The first-order valence-electron chi connectivity index (χ1n) is 7.31. The van der Waals surface area contributed by atoms with Gasteiger partial charge in [-0.2, -0.15) is 4.72 Å². The number of ether oxygens (including phenoxy) is 3. The monoisotopic (exact) mass is 399 g/mol. The molecule has 10 heteroatoms. The molecule has 0 atom stereocenters. The molecule has 2 rings (SSSR count). The molecule has 0 fully saturated rings. The highest BCUT2D eigenvalue weighted by molar-refractivity contribution is 7.89. The number of hydrogen-bond donors (Lipinski definition) is 1. The number of thiophene rings is 1. The summed E-state index contributed by atoms with van der Waals surface area (Å²) >= 11 is 1.23. The van der Waals surface area contributed by atoms with Gasteiger partial charge in [0.25, 0.3) is 0 Å². The summed E-state index contributed by atoms with van der Waals surface area (Å²) in [6, 6.07) is 7.34. The Morgan fingerprint density at radius 2 is 1.85 bits per heavy atom. The third-order valence-electron chi connectivity index (χ3n) is 3.23. The van der Waals surface area contributed by atoms with Gasteiger partial charge in [-0.25, -0.2) is 8.42 Å². The normalized spacial score (nSPS) is 11.0. The molecule has 0 saturated heterocycles. The Kier molecular flexibility index (Phi) is 6.72.